The molecule has 280 valence electrons. The molecular formula is C35H56N6O9. The molecule has 0 bridgehead atoms. The van der Waals surface area contributed by atoms with Gasteiger partial charge in [-0.3, -0.25) is 24.0 Å². The molecule has 4 unspecified atom stereocenters. The minimum atomic E-state index is -1.20. The van der Waals surface area contributed by atoms with Gasteiger partial charge in [0.15, 0.2) is 0 Å². The summed E-state index contributed by atoms with van der Waals surface area (Å²) in [6.45, 7) is 9.36. The van der Waals surface area contributed by atoms with Crippen molar-refractivity contribution in [3.63, 3.8) is 0 Å². The molecule has 0 saturated heterocycles. The summed E-state index contributed by atoms with van der Waals surface area (Å²) < 4.78 is 4.83. The minimum Gasteiger partial charge on any atom is -0.467 e. The van der Waals surface area contributed by atoms with Crippen LogP contribution in [0.15, 0.2) is 30.3 Å². The number of carbonyl (C=O) groups is 6. The number of hydrogen-bond acceptors (Lipinski definition) is 10. The van der Waals surface area contributed by atoms with E-state index in [4.69, 9.17) is 15.6 Å². The number of esters is 1. The van der Waals surface area contributed by atoms with Crippen LogP contribution in [0.5, 0.6) is 0 Å². The summed E-state index contributed by atoms with van der Waals surface area (Å²) >= 11 is 0. The Morgan fingerprint density at radius 1 is 0.780 bits per heavy atom. The monoisotopic (exact) mass is 704 g/mol. The van der Waals surface area contributed by atoms with Crippen LogP contribution in [-0.4, -0.2) is 102 Å². The summed E-state index contributed by atoms with van der Waals surface area (Å²) in [5.41, 5.74) is 6.32. The van der Waals surface area contributed by atoms with Crippen molar-refractivity contribution in [1.82, 2.24) is 26.6 Å². The molecule has 0 aliphatic heterocycles. The zero-order chi connectivity index (χ0) is 37.7. The summed E-state index contributed by atoms with van der Waals surface area (Å²) in [5, 5.41) is 34.2. The van der Waals surface area contributed by atoms with E-state index in [0.717, 1.165) is 5.56 Å². The largest absolute Gasteiger partial charge is 0.467 e. The van der Waals surface area contributed by atoms with E-state index in [1.807, 2.05) is 30.3 Å². The van der Waals surface area contributed by atoms with Crippen LogP contribution < -0.4 is 32.3 Å². The van der Waals surface area contributed by atoms with E-state index in [9.17, 15) is 33.9 Å². The summed E-state index contributed by atoms with van der Waals surface area (Å²) in [4.78, 5) is 77.4. The number of aliphatic hydroxyl groups is 2. The third-order valence-corrected chi connectivity index (χ3v) is 9.09. The van der Waals surface area contributed by atoms with E-state index in [2.05, 4.69) is 26.6 Å². The van der Waals surface area contributed by atoms with Gasteiger partial charge in [-0.05, 0) is 56.4 Å². The molecule has 1 aromatic rings. The van der Waals surface area contributed by atoms with Crippen molar-refractivity contribution in [1.29, 1.82) is 0 Å². The van der Waals surface area contributed by atoms with Crippen LogP contribution in [0.25, 0.3) is 0 Å². The Hall–Kier alpha value is -4.08. The van der Waals surface area contributed by atoms with Crippen LogP contribution in [0.4, 0.5) is 0 Å². The number of ether oxygens (including phenoxy) is 1. The Labute approximate surface area is 294 Å². The molecule has 15 heteroatoms. The standard InChI is InChI=1S/C35H56N6O9/c1-18(2)27(34(48)41-28(19(3)4)35(49)50-7)40-32(46)24-15-11-14-23(24)29(43)26(16-22-12-9-8-10-13-22)39-31(45)21(6)37-30(44)20(5)38-33(47)25(36)17-42/h8-10,12-13,18-21,23-29,42-43H,11,14-17,36H2,1-7H3,(H,37,44)(H,38,47)(H,39,45)(H,40,46)(H,41,48)/t20-,21-,23?,24?,25-,26?,27-,28-,29?/m0/s1. The van der Waals surface area contributed by atoms with E-state index in [1.165, 1.54) is 21.0 Å². The highest BCUT2D eigenvalue weighted by Gasteiger charge is 2.42. The van der Waals surface area contributed by atoms with Gasteiger partial charge in [-0.15, -0.1) is 0 Å². The summed E-state index contributed by atoms with van der Waals surface area (Å²) in [6, 6.07) is 3.18. The van der Waals surface area contributed by atoms with Crippen molar-refractivity contribution >= 4 is 35.5 Å². The van der Waals surface area contributed by atoms with Crippen LogP contribution >= 0.6 is 0 Å². The number of nitrogens with one attached hydrogen (secondary N) is 5. The fourth-order valence-corrected chi connectivity index (χ4v) is 5.99. The summed E-state index contributed by atoms with van der Waals surface area (Å²) in [5.74, 6) is -5.31. The van der Waals surface area contributed by atoms with Gasteiger partial charge in [-0.25, -0.2) is 4.79 Å². The van der Waals surface area contributed by atoms with Crippen molar-refractivity contribution in [2.24, 2.45) is 29.4 Å². The van der Waals surface area contributed by atoms with E-state index >= 15 is 0 Å². The first-order valence-electron chi connectivity index (χ1n) is 17.2. The summed E-state index contributed by atoms with van der Waals surface area (Å²) in [6.07, 6.45) is 0.647. The molecule has 5 amide bonds. The highest BCUT2D eigenvalue weighted by molar-refractivity contribution is 5.93. The van der Waals surface area contributed by atoms with Crippen LogP contribution in [-0.2, 0) is 39.9 Å². The van der Waals surface area contributed by atoms with Crippen molar-refractivity contribution in [2.75, 3.05) is 13.7 Å². The molecule has 0 aromatic heterocycles. The fourth-order valence-electron chi connectivity index (χ4n) is 5.99. The number of benzene rings is 1. The molecule has 1 aliphatic carbocycles. The molecule has 9 N–H and O–H groups in total. The number of nitrogens with two attached hydrogens (primary N) is 1. The molecular weight excluding hydrogens is 648 g/mol. The minimum absolute atomic E-state index is 0.228. The number of aliphatic hydroxyl groups excluding tert-OH is 2. The number of rotatable bonds is 18. The van der Waals surface area contributed by atoms with Gasteiger partial charge in [0.05, 0.1) is 25.9 Å². The molecule has 1 saturated carbocycles. The Morgan fingerprint density at radius 2 is 1.34 bits per heavy atom. The number of methoxy groups -OCH3 is 1. The second-order valence-corrected chi connectivity index (χ2v) is 13.7. The lowest BCUT2D eigenvalue weighted by Crippen LogP contribution is -2.58. The first kappa shape index (κ1) is 42.1. The maximum Gasteiger partial charge on any atom is 0.328 e. The molecule has 1 aliphatic rings. The second-order valence-electron chi connectivity index (χ2n) is 13.7. The van der Waals surface area contributed by atoms with E-state index in [-0.39, 0.29) is 18.3 Å². The van der Waals surface area contributed by atoms with Gasteiger partial charge in [0.1, 0.15) is 30.2 Å². The highest BCUT2D eigenvalue weighted by atomic mass is 16.5. The Morgan fingerprint density at radius 3 is 1.88 bits per heavy atom. The number of carbonyl (C=O) groups excluding carboxylic acids is 6. The molecule has 0 spiro atoms. The smallest absolute Gasteiger partial charge is 0.328 e. The molecule has 0 radical (unpaired) electrons. The molecule has 0 heterocycles. The van der Waals surface area contributed by atoms with Gasteiger partial charge in [0.25, 0.3) is 0 Å². The van der Waals surface area contributed by atoms with Crippen LogP contribution in [0, 0.1) is 23.7 Å². The lowest BCUT2D eigenvalue weighted by molar-refractivity contribution is -0.147. The SMILES string of the molecule is COC(=O)[C@@H](NC(=O)[C@@H](NC(=O)C1CCCC1C(O)C(Cc1ccccc1)NC(=O)[C@H](C)NC(=O)[C@H](C)NC(=O)[C@@H](N)CO)C(C)C)C(C)C. The second kappa shape index (κ2) is 19.9. The van der Waals surface area contributed by atoms with Gasteiger partial charge >= 0.3 is 5.97 Å². The third-order valence-electron chi connectivity index (χ3n) is 9.09. The molecule has 50 heavy (non-hydrogen) atoms. The highest BCUT2D eigenvalue weighted by Crippen LogP contribution is 2.36. The van der Waals surface area contributed by atoms with Crippen molar-refractivity contribution in [3.8, 4) is 0 Å². The molecule has 2 rings (SSSR count). The van der Waals surface area contributed by atoms with Gasteiger partial charge in [0, 0.05) is 5.92 Å². The Kier molecular flexibility index (Phi) is 16.8. The molecule has 15 nitrogen and oxygen atoms in total. The van der Waals surface area contributed by atoms with Crippen molar-refractivity contribution in [3.05, 3.63) is 35.9 Å². The van der Waals surface area contributed by atoms with Crippen molar-refractivity contribution in [2.45, 2.75) is 110 Å². The van der Waals surface area contributed by atoms with E-state index < -0.39 is 96.3 Å². The van der Waals surface area contributed by atoms with Crippen LogP contribution in [0.3, 0.4) is 0 Å². The average Bonchev–Trinajstić information content (AvgIpc) is 3.58. The van der Waals surface area contributed by atoms with Gasteiger partial charge in [-0.1, -0.05) is 64.4 Å². The fraction of sp³-hybridized carbons (Fsp3) is 0.657. The van der Waals surface area contributed by atoms with E-state index in [1.54, 1.807) is 27.7 Å². The van der Waals surface area contributed by atoms with Gasteiger partial charge in [0.2, 0.25) is 29.5 Å². The molecule has 1 fully saturated rings. The quantitative estimate of drug-likeness (QED) is 0.0892. The van der Waals surface area contributed by atoms with Crippen molar-refractivity contribution < 1.29 is 43.7 Å². The first-order valence-corrected chi connectivity index (χ1v) is 17.2. The topological polar surface area (TPSA) is 238 Å². The first-order chi connectivity index (χ1) is 23.5. The van der Waals surface area contributed by atoms with Gasteiger partial charge < -0.3 is 47.3 Å². The zero-order valence-corrected chi connectivity index (χ0v) is 30.1. The predicted octanol–water partition coefficient (Wildman–Crippen LogP) is -0.725. The van der Waals surface area contributed by atoms with Crippen LogP contribution in [0.1, 0.15) is 66.4 Å². The Balaban J connectivity index is 2.21. The molecule has 1 aromatic carbocycles. The number of hydrogen-bond donors (Lipinski definition) is 8. The normalized spacial score (nSPS) is 20.0. The summed E-state index contributed by atoms with van der Waals surface area (Å²) in [7, 11) is 1.24. The number of amides is 5. The zero-order valence-electron chi connectivity index (χ0n) is 30.1. The maximum atomic E-state index is 13.7. The Bertz CT molecular complexity index is 1310. The van der Waals surface area contributed by atoms with Gasteiger partial charge in [-0.2, -0.15) is 0 Å². The average molecular weight is 705 g/mol. The van der Waals surface area contributed by atoms with E-state index in [0.29, 0.717) is 19.3 Å². The lowest BCUT2D eigenvalue weighted by Gasteiger charge is -2.33. The van der Waals surface area contributed by atoms with Crippen LogP contribution in [0.2, 0.25) is 0 Å². The maximum absolute atomic E-state index is 13.7. The predicted molar refractivity (Wildman–Crippen MR) is 185 cm³/mol. The molecule has 9 atom stereocenters. The lowest BCUT2D eigenvalue weighted by atomic mass is 9.84. The third kappa shape index (κ3) is 12.1.